The van der Waals surface area contributed by atoms with Crippen LogP contribution >= 0.6 is 0 Å². The molecule has 0 aliphatic rings. The summed E-state index contributed by atoms with van der Waals surface area (Å²) in [7, 11) is 0. The highest BCUT2D eigenvalue weighted by atomic mass is 16.1. The Morgan fingerprint density at radius 3 is 2.56 bits per heavy atom. The first-order valence-corrected chi connectivity index (χ1v) is 10.8. The molecule has 0 radical (unpaired) electrons. The number of carbonyl (C=O) groups excluding carboxylic acids is 1. The summed E-state index contributed by atoms with van der Waals surface area (Å²) in [6.45, 7) is 6.42. The molecule has 0 aliphatic heterocycles. The number of nitrogens with one attached hydrogen (secondary N) is 1. The fourth-order valence-electron chi connectivity index (χ4n) is 3.87. The molecule has 0 aromatic carbocycles. The molecule has 5 heterocycles. The van der Waals surface area contributed by atoms with E-state index in [0.717, 1.165) is 51.2 Å². The second kappa shape index (κ2) is 8.78. The van der Waals surface area contributed by atoms with Gasteiger partial charge in [0.2, 0.25) is 5.95 Å². The molecule has 0 spiro atoms. The largest absolute Gasteiger partial charge is 0.349 e. The molecule has 9 heteroatoms. The van der Waals surface area contributed by atoms with Gasteiger partial charge in [0.25, 0.3) is 0 Å². The second-order valence-corrected chi connectivity index (χ2v) is 8.12. The van der Waals surface area contributed by atoms with E-state index in [9.17, 15) is 4.79 Å². The number of hydrogen-bond acceptors (Lipinski definition) is 8. The van der Waals surface area contributed by atoms with Gasteiger partial charge < -0.3 is 5.32 Å². The maximum atomic E-state index is 11.4. The van der Waals surface area contributed by atoms with Crippen LogP contribution in [0, 0.1) is 20.8 Å². The number of aromatic nitrogens is 7. The summed E-state index contributed by atoms with van der Waals surface area (Å²) >= 11 is 0. The summed E-state index contributed by atoms with van der Waals surface area (Å²) in [5.74, 6) is 0.523. The molecule has 9 nitrogen and oxygen atoms in total. The van der Waals surface area contributed by atoms with Crippen LogP contribution in [0.15, 0.2) is 55.1 Å². The molecule has 0 unspecified atom stereocenters. The van der Waals surface area contributed by atoms with Gasteiger partial charge >= 0.3 is 0 Å². The molecule has 0 atom stereocenters. The first kappa shape index (κ1) is 21.3. The molecule has 5 aromatic heterocycles. The van der Waals surface area contributed by atoms with Gasteiger partial charge in [-0.15, -0.1) is 10.2 Å². The highest BCUT2D eigenvalue weighted by molar-refractivity contribution is 5.87. The van der Waals surface area contributed by atoms with Crippen molar-refractivity contribution in [3.8, 4) is 22.4 Å². The van der Waals surface area contributed by atoms with Gasteiger partial charge in [0.15, 0.2) is 11.9 Å². The summed E-state index contributed by atoms with van der Waals surface area (Å²) in [5.41, 5.74) is 8.49. The lowest BCUT2D eigenvalue weighted by atomic mass is 10.0. The van der Waals surface area contributed by atoms with Gasteiger partial charge in [0, 0.05) is 53.2 Å². The van der Waals surface area contributed by atoms with Crippen molar-refractivity contribution in [3.05, 3.63) is 83.2 Å². The molecule has 0 bridgehead atoms. The molecule has 0 amide bonds. The van der Waals surface area contributed by atoms with Crippen LogP contribution in [0.3, 0.4) is 0 Å². The quantitative estimate of drug-likeness (QED) is 0.387. The van der Waals surface area contributed by atoms with Gasteiger partial charge in [-0.3, -0.25) is 19.7 Å². The summed E-state index contributed by atoms with van der Waals surface area (Å²) in [5, 5.41) is 16.2. The van der Waals surface area contributed by atoms with Crippen molar-refractivity contribution in [1.82, 2.24) is 34.8 Å². The Hall–Kier alpha value is -4.53. The number of aldehydes is 1. The van der Waals surface area contributed by atoms with Gasteiger partial charge in [-0.25, -0.2) is 0 Å². The average Bonchev–Trinajstić information content (AvgIpc) is 3.25. The van der Waals surface area contributed by atoms with Crippen molar-refractivity contribution in [2.75, 3.05) is 5.32 Å². The highest BCUT2D eigenvalue weighted by Crippen LogP contribution is 2.25. The molecule has 5 rings (SSSR count). The van der Waals surface area contributed by atoms with Gasteiger partial charge in [0.05, 0.1) is 11.9 Å². The number of fused-ring (bicyclic) bond motifs is 1. The Balaban J connectivity index is 1.37. The van der Waals surface area contributed by atoms with Gasteiger partial charge in [-0.2, -0.15) is 9.61 Å². The lowest BCUT2D eigenvalue weighted by Crippen LogP contribution is -2.06. The van der Waals surface area contributed by atoms with E-state index in [2.05, 4.69) is 41.6 Å². The maximum absolute atomic E-state index is 11.4. The van der Waals surface area contributed by atoms with Crippen LogP contribution in [-0.4, -0.2) is 41.0 Å². The molecule has 1 N–H and O–H groups in total. The summed E-state index contributed by atoms with van der Waals surface area (Å²) < 4.78 is 1.63. The molecule has 5 aromatic rings. The zero-order chi connectivity index (χ0) is 23.7. The van der Waals surface area contributed by atoms with Crippen LogP contribution in [0.25, 0.3) is 28.0 Å². The van der Waals surface area contributed by atoms with E-state index in [1.807, 2.05) is 51.2 Å². The minimum absolute atomic E-state index is 0.503. The zero-order valence-corrected chi connectivity index (χ0v) is 19.0. The number of hydrogen-bond donors (Lipinski definition) is 1. The van der Waals surface area contributed by atoms with Crippen molar-refractivity contribution >= 4 is 17.9 Å². The molecule has 0 saturated heterocycles. The van der Waals surface area contributed by atoms with Crippen molar-refractivity contribution in [2.24, 2.45) is 0 Å². The SMILES string of the molecule is Cc1cc(-c2ncc(CNc3nnc4cc(-c5cc(C)ncc5C=O)cnn34)cc2C)ccn1. The molecular formula is C25H22N8O. The molecule has 168 valence electrons. The fourth-order valence-corrected chi connectivity index (χ4v) is 3.87. The first-order chi connectivity index (χ1) is 16.5. The topological polar surface area (TPSA) is 111 Å². The smallest absolute Gasteiger partial charge is 0.246 e. The van der Waals surface area contributed by atoms with E-state index in [4.69, 9.17) is 0 Å². The van der Waals surface area contributed by atoms with Gasteiger partial charge in [-0.1, -0.05) is 6.07 Å². The average molecular weight is 451 g/mol. The Morgan fingerprint density at radius 1 is 0.912 bits per heavy atom. The third-order valence-electron chi connectivity index (χ3n) is 5.53. The second-order valence-electron chi connectivity index (χ2n) is 8.12. The Bertz CT molecular complexity index is 1530. The third kappa shape index (κ3) is 4.11. The normalized spacial score (nSPS) is 11.0. The van der Waals surface area contributed by atoms with Gasteiger partial charge in [0.1, 0.15) is 0 Å². The summed E-state index contributed by atoms with van der Waals surface area (Å²) in [4.78, 5) is 24.5. The standard InChI is InChI=1S/C25H22N8O/c1-15-6-18(10-28-24(15)19-4-5-26-16(2)7-19)11-29-25-32-31-23-9-20(13-30-33(23)25)22-8-17(3)27-12-21(22)14-34/h4-10,12-14H,11H2,1-3H3,(H,29,32). The van der Waals surface area contributed by atoms with Crippen LogP contribution in [0.5, 0.6) is 0 Å². The van der Waals surface area contributed by atoms with E-state index in [1.54, 1.807) is 23.1 Å². The van der Waals surface area contributed by atoms with E-state index < -0.39 is 0 Å². The third-order valence-corrected chi connectivity index (χ3v) is 5.53. The van der Waals surface area contributed by atoms with Crippen LogP contribution < -0.4 is 5.32 Å². The number of anilines is 1. The van der Waals surface area contributed by atoms with E-state index in [0.29, 0.717) is 23.7 Å². The van der Waals surface area contributed by atoms with Crippen molar-refractivity contribution < 1.29 is 4.79 Å². The lowest BCUT2D eigenvalue weighted by Gasteiger charge is -2.09. The Kier molecular flexibility index (Phi) is 5.51. The van der Waals surface area contributed by atoms with Crippen LogP contribution in [0.1, 0.15) is 32.9 Å². The van der Waals surface area contributed by atoms with Crippen LogP contribution in [-0.2, 0) is 6.54 Å². The molecular weight excluding hydrogens is 428 g/mol. The predicted molar refractivity (Wildman–Crippen MR) is 128 cm³/mol. The number of carbonyl (C=O) groups is 1. The monoisotopic (exact) mass is 450 g/mol. The fraction of sp³-hybridized carbons (Fsp3) is 0.160. The van der Waals surface area contributed by atoms with Crippen molar-refractivity contribution in [2.45, 2.75) is 27.3 Å². The van der Waals surface area contributed by atoms with Gasteiger partial charge in [-0.05, 0) is 61.7 Å². The summed E-state index contributed by atoms with van der Waals surface area (Å²) in [6.07, 6.45) is 7.70. The number of nitrogens with zero attached hydrogens (tertiary/aromatic N) is 7. The lowest BCUT2D eigenvalue weighted by molar-refractivity contribution is 0.112. The first-order valence-electron chi connectivity index (χ1n) is 10.8. The van der Waals surface area contributed by atoms with Crippen LogP contribution in [0.2, 0.25) is 0 Å². The number of aryl methyl sites for hydroxylation is 3. The van der Waals surface area contributed by atoms with Crippen LogP contribution in [0.4, 0.5) is 5.95 Å². The highest BCUT2D eigenvalue weighted by Gasteiger charge is 2.12. The van der Waals surface area contributed by atoms with Crippen molar-refractivity contribution in [1.29, 1.82) is 0 Å². The maximum Gasteiger partial charge on any atom is 0.246 e. The Labute approximate surface area is 196 Å². The predicted octanol–water partition coefficient (Wildman–Crippen LogP) is 3.99. The molecule has 0 aliphatic carbocycles. The molecule has 34 heavy (non-hydrogen) atoms. The zero-order valence-electron chi connectivity index (χ0n) is 19.0. The van der Waals surface area contributed by atoms with E-state index in [1.165, 1.54) is 0 Å². The number of rotatable bonds is 6. The summed E-state index contributed by atoms with van der Waals surface area (Å²) in [6, 6.07) is 9.81. The Morgan fingerprint density at radius 2 is 1.76 bits per heavy atom. The minimum Gasteiger partial charge on any atom is -0.349 e. The molecule has 0 saturated carbocycles. The van der Waals surface area contributed by atoms with E-state index >= 15 is 0 Å². The minimum atomic E-state index is 0.503. The van der Waals surface area contributed by atoms with E-state index in [-0.39, 0.29) is 0 Å². The number of pyridine rings is 3. The van der Waals surface area contributed by atoms with Crippen molar-refractivity contribution in [3.63, 3.8) is 0 Å². The molecule has 0 fully saturated rings.